The lowest BCUT2D eigenvalue weighted by Crippen LogP contribution is -2.54. The summed E-state index contributed by atoms with van der Waals surface area (Å²) in [4.78, 5) is 2.29. The highest BCUT2D eigenvalue weighted by molar-refractivity contribution is 4.81. The zero-order chi connectivity index (χ0) is 7.28. The molecule has 2 heteroatoms. The van der Waals surface area contributed by atoms with Crippen LogP contribution in [0.5, 0.6) is 0 Å². The van der Waals surface area contributed by atoms with Crippen LogP contribution in [-0.2, 0) is 0 Å². The van der Waals surface area contributed by atoms with Crippen molar-refractivity contribution in [2.24, 2.45) is 0 Å². The summed E-state index contributed by atoms with van der Waals surface area (Å²) in [6.07, 6.45) is 0. The average molecular weight is 130 g/mol. The highest BCUT2D eigenvalue weighted by atomic mass is 15.2. The molecule has 0 saturated carbocycles. The van der Waals surface area contributed by atoms with E-state index in [0.717, 1.165) is 6.04 Å². The second kappa shape index (κ2) is 4.77. The van der Waals surface area contributed by atoms with Crippen molar-refractivity contribution in [3.63, 3.8) is 0 Å². The number of rotatable bonds is 1. The van der Waals surface area contributed by atoms with Crippen LogP contribution in [0, 0.1) is 0 Å². The van der Waals surface area contributed by atoms with Crippen molar-refractivity contribution in [3.8, 4) is 0 Å². The largest absolute Gasteiger partial charge is 0.315 e. The summed E-state index contributed by atoms with van der Waals surface area (Å²) in [6, 6.07) is 0.769. The van der Waals surface area contributed by atoms with Gasteiger partial charge in [0, 0.05) is 19.1 Å². The third-order valence-electron chi connectivity index (χ3n) is 1.47. The van der Waals surface area contributed by atoms with Gasteiger partial charge in [-0.2, -0.15) is 0 Å². The fourth-order valence-corrected chi connectivity index (χ4v) is 0.882. The molecule has 1 aliphatic rings. The second-order valence-electron chi connectivity index (χ2n) is 2.21. The molecule has 0 spiro atoms. The number of nitrogens with one attached hydrogen (secondary N) is 1. The van der Waals surface area contributed by atoms with Crippen LogP contribution in [0.2, 0.25) is 0 Å². The first-order valence-corrected chi connectivity index (χ1v) is 3.68. The first-order valence-electron chi connectivity index (χ1n) is 3.68. The lowest BCUT2D eigenvalue weighted by Gasteiger charge is -2.35. The van der Waals surface area contributed by atoms with Crippen molar-refractivity contribution in [1.29, 1.82) is 0 Å². The Labute approximate surface area is 58.2 Å². The Morgan fingerprint density at radius 1 is 1.33 bits per heavy atom. The van der Waals surface area contributed by atoms with Crippen LogP contribution >= 0.6 is 0 Å². The summed E-state index contributed by atoms with van der Waals surface area (Å²) in [5.74, 6) is 0. The third-order valence-corrected chi connectivity index (χ3v) is 1.47. The molecule has 0 aromatic rings. The zero-order valence-electron chi connectivity index (χ0n) is 6.94. The highest BCUT2D eigenvalue weighted by Gasteiger charge is 2.19. The molecule has 0 aliphatic carbocycles. The number of likely N-dealkylation sites (tertiary alicyclic amines) is 1. The molecule has 56 valence electrons. The maximum Gasteiger partial charge on any atom is 0.0319 e. The molecule has 0 bridgehead atoms. The maximum absolute atomic E-state index is 3.19. The first-order chi connectivity index (χ1) is 4.33. The van der Waals surface area contributed by atoms with E-state index in [0.29, 0.717) is 0 Å². The van der Waals surface area contributed by atoms with E-state index in [-0.39, 0.29) is 0 Å². The van der Waals surface area contributed by atoms with Gasteiger partial charge in [-0.15, -0.1) is 0 Å². The monoisotopic (exact) mass is 130 g/mol. The van der Waals surface area contributed by atoms with Gasteiger partial charge < -0.3 is 10.2 Å². The molecule has 1 aliphatic heterocycles. The lowest BCUT2D eigenvalue weighted by atomic mass is 10.1. The average Bonchev–Trinajstić information content (AvgIpc) is 1.86. The van der Waals surface area contributed by atoms with Crippen molar-refractivity contribution in [2.45, 2.75) is 19.9 Å². The van der Waals surface area contributed by atoms with E-state index < -0.39 is 0 Å². The molecule has 1 saturated heterocycles. The van der Waals surface area contributed by atoms with Gasteiger partial charge in [-0.25, -0.2) is 0 Å². The van der Waals surface area contributed by atoms with E-state index in [2.05, 4.69) is 17.3 Å². The fourth-order valence-electron chi connectivity index (χ4n) is 0.882. The number of nitrogens with zero attached hydrogens (tertiary/aromatic N) is 1. The summed E-state index contributed by atoms with van der Waals surface area (Å²) in [5.41, 5.74) is 0. The molecule has 2 nitrogen and oxygen atoms in total. The smallest absolute Gasteiger partial charge is 0.0319 e. The van der Waals surface area contributed by atoms with Crippen LogP contribution in [0.3, 0.4) is 0 Å². The molecular formula is C7H18N2. The summed E-state index contributed by atoms with van der Waals surface area (Å²) >= 11 is 0. The standard InChI is InChI=1S/C5H12N2.C2H6/c1-6-5-3-7(2)4-5;1-2/h5-6H,3-4H2,1-2H3;1-2H3. The first kappa shape index (κ1) is 8.92. The van der Waals surface area contributed by atoms with Gasteiger partial charge in [0.1, 0.15) is 0 Å². The Kier molecular flexibility index (Phi) is 4.72. The van der Waals surface area contributed by atoms with Crippen LogP contribution in [-0.4, -0.2) is 38.1 Å². The van der Waals surface area contributed by atoms with Crippen LogP contribution in [0.15, 0.2) is 0 Å². The van der Waals surface area contributed by atoms with E-state index in [1.807, 2.05) is 20.9 Å². The maximum atomic E-state index is 3.19. The molecule has 0 unspecified atom stereocenters. The molecule has 0 aromatic heterocycles. The molecule has 1 rings (SSSR count). The van der Waals surface area contributed by atoms with Crippen LogP contribution in [0.4, 0.5) is 0 Å². The summed E-state index contributed by atoms with van der Waals surface area (Å²) in [5, 5.41) is 3.19. The molecule has 1 heterocycles. The quantitative estimate of drug-likeness (QED) is 0.557. The minimum Gasteiger partial charge on any atom is -0.315 e. The van der Waals surface area contributed by atoms with Gasteiger partial charge in [0.15, 0.2) is 0 Å². The molecule has 1 fully saturated rings. The van der Waals surface area contributed by atoms with Crippen LogP contribution in [0.25, 0.3) is 0 Å². The molecule has 0 amide bonds. The fraction of sp³-hybridized carbons (Fsp3) is 1.00. The predicted octanol–water partition coefficient (Wildman–Crippen LogP) is 0.546. The number of likely N-dealkylation sites (N-methyl/N-ethyl adjacent to an activating group) is 2. The van der Waals surface area contributed by atoms with Gasteiger partial charge in [0.05, 0.1) is 0 Å². The lowest BCUT2D eigenvalue weighted by molar-refractivity contribution is 0.169. The predicted molar refractivity (Wildman–Crippen MR) is 41.7 cm³/mol. The van der Waals surface area contributed by atoms with E-state index in [1.54, 1.807) is 0 Å². The Morgan fingerprint density at radius 3 is 1.89 bits per heavy atom. The summed E-state index contributed by atoms with van der Waals surface area (Å²) < 4.78 is 0. The number of hydrogen-bond donors (Lipinski definition) is 1. The number of hydrogen-bond acceptors (Lipinski definition) is 2. The van der Waals surface area contributed by atoms with Crippen LogP contribution < -0.4 is 5.32 Å². The van der Waals surface area contributed by atoms with Gasteiger partial charge in [0.25, 0.3) is 0 Å². The van der Waals surface area contributed by atoms with Gasteiger partial charge in [0.2, 0.25) is 0 Å². The summed E-state index contributed by atoms with van der Waals surface area (Å²) in [6.45, 7) is 6.44. The minimum atomic E-state index is 0.769. The Hall–Kier alpha value is -0.0800. The van der Waals surface area contributed by atoms with E-state index in [9.17, 15) is 0 Å². The van der Waals surface area contributed by atoms with Gasteiger partial charge in [-0.1, -0.05) is 13.8 Å². The van der Waals surface area contributed by atoms with Crippen LogP contribution in [0.1, 0.15) is 13.8 Å². The second-order valence-corrected chi connectivity index (χ2v) is 2.21. The Balaban J connectivity index is 0.000000291. The van der Waals surface area contributed by atoms with Crippen molar-refractivity contribution in [2.75, 3.05) is 27.2 Å². The molecule has 0 aromatic carbocycles. The van der Waals surface area contributed by atoms with Gasteiger partial charge in [-0.05, 0) is 14.1 Å². The van der Waals surface area contributed by atoms with Crippen molar-refractivity contribution in [1.82, 2.24) is 10.2 Å². The van der Waals surface area contributed by atoms with E-state index in [4.69, 9.17) is 0 Å². The van der Waals surface area contributed by atoms with Crippen molar-refractivity contribution >= 4 is 0 Å². The molecular weight excluding hydrogens is 112 g/mol. The van der Waals surface area contributed by atoms with Crippen molar-refractivity contribution in [3.05, 3.63) is 0 Å². The van der Waals surface area contributed by atoms with Crippen molar-refractivity contribution < 1.29 is 0 Å². The van der Waals surface area contributed by atoms with Gasteiger partial charge in [-0.3, -0.25) is 0 Å². The third kappa shape index (κ3) is 2.82. The topological polar surface area (TPSA) is 15.3 Å². The van der Waals surface area contributed by atoms with E-state index >= 15 is 0 Å². The molecule has 0 radical (unpaired) electrons. The molecule has 0 atom stereocenters. The molecule has 9 heavy (non-hydrogen) atoms. The van der Waals surface area contributed by atoms with E-state index in [1.165, 1.54) is 13.1 Å². The molecule has 1 N–H and O–H groups in total. The Bertz CT molecular complexity index is 57.9. The Morgan fingerprint density at radius 2 is 1.78 bits per heavy atom. The normalized spacial score (nSPS) is 20.0. The van der Waals surface area contributed by atoms with Gasteiger partial charge >= 0.3 is 0 Å². The zero-order valence-corrected chi connectivity index (χ0v) is 6.94. The summed E-state index contributed by atoms with van der Waals surface area (Å²) in [7, 11) is 4.14. The highest BCUT2D eigenvalue weighted by Crippen LogP contribution is 2.00. The minimum absolute atomic E-state index is 0.769. The SMILES string of the molecule is CC.CNC1CN(C)C1.